The van der Waals surface area contributed by atoms with E-state index in [0.29, 0.717) is 0 Å². The van der Waals surface area contributed by atoms with E-state index in [9.17, 15) is 0 Å². The van der Waals surface area contributed by atoms with Gasteiger partial charge in [0.15, 0.2) is 0 Å². The van der Waals surface area contributed by atoms with Crippen LogP contribution in [-0.2, 0) is 13.1 Å². The van der Waals surface area contributed by atoms with E-state index in [2.05, 4.69) is 30.3 Å². The largest absolute Gasteiger partial charge is 0.496 e. The molecule has 4 heteroatoms. The molecule has 4 nitrogen and oxygen atoms in total. The molecule has 1 N–H and O–H groups in total. The van der Waals surface area contributed by atoms with Crippen LogP contribution in [0, 0.1) is 0 Å². The van der Waals surface area contributed by atoms with Crippen LogP contribution in [0.15, 0.2) is 36.5 Å². The minimum atomic E-state index is 0.233. The number of para-hydroxylation sites is 1. The zero-order chi connectivity index (χ0) is 13.7. The quantitative estimate of drug-likeness (QED) is 0.867. The van der Waals surface area contributed by atoms with Gasteiger partial charge in [0.1, 0.15) is 5.75 Å². The Labute approximate surface area is 114 Å². The van der Waals surface area contributed by atoms with Crippen molar-refractivity contribution in [1.82, 2.24) is 15.1 Å². The van der Waals surface area contributed by atoms with E-state index in [4.69, 9.17) is 4.74 Å². The Bertz CT molecular complexity index is 522. The molecule has 0 spiro atoms. The second-order valence-electron chi connectivity index (χ2n) is 4.48. The average Bonchev–Trinajstić information content (AvgIpc) is 2.92. The van der Waals surface area contributed by atoms with Gasteiger partial charge in [0.05, 0.1) is 12.8 Å². The number of nitrogens with zero attached hydrogens (tertiary/aromatic N) is 2. The molecule has 0 unspecified atom stereocenters. The van der Waals surface area contributed by atoms with E-state index < -0.39 is 0 Å². The summed E-state index contributed by atoms with van der Waals surface area (Å²) in [6, 6.07) is 10.4. The molecule has 1 aromatic carbocycles. The van der Waals surface area contributed by atoms with Crippen molar-refractivity contribution in [3.8, 4) is 5.75 Å². The van der Waals surface area contributed by atoms with E-state index in [1.54, 1.807) is 7.11 Å². The lowest BCUT2D eigenvalue weighted by Gasteiger charge is -2.17. The van der Waals surface area contributed by atoms with E-state index in [0.717, 1.165) is 18.8 Å². The number of hydrogen-bond acceptors (Lipinski definition) is 3. The van der Waals surface area contributed by atoms with Crippen molar-refractivity contribution in [2.75, 3.05) is 7.11 Å². The molecule has 0 amide bonds. The molecule has 0 aliphatic heterocycles. The highest BCUT2D eigenvalue weighted by molar-refractivity contribution is 5.35. The number of nitrogens with one attached hydrogen (secondary N) is 1. The molecular formula is C15H21N3O. The number of hydrogen-bond donors (Lipinski definition) is 1. The third-order valence-corrected chi connectivity index (χ3v) is 3.30. The van der Waals surface area contributed by atoms with Gasteiger partial charge in [-0.3, -0.25) is 4.68 Å². The lowest BCUT2D eigenvalue weighted by atomic mass is 10.1. The zero-order valence-electron chi connectivity index (χ0n) is 11.8. The van der Waals surface area contributed by atoms with Crippen molar-refractivity contribution in [2.45, 2.75) is 33.0 Å². The number of benzene rings is 1. The van der Waals surface area contributed by atoms with Crippen molar-refractivity contribution in [1.29, 1.82) is 0 Å². The molecule has 0 radical (unpaired) electrons. The predicted octanol–water partition coefficient (Wildman–Crippen LogP) is 2.76. The van der Waals surface area contributed by atoms with Gasteiger partial charge in [-0.05, 0) is 26.0 Å². The standard InChI is InChI=1S/C15H21N3O/c1-4-18-13(9-10-17-18)11-16-12(2)14-7-5-6-8-15(14)19-3/h5-10,12,16H,4,11H2,1-3H3/t12-/m0/s1. The fraction of sp³-hybridized carbons (Fsp3) is 0.400. The van der Waals surface area contributed by atoms with Gasteiger partial charge in [0, 0.05) is 30.9 Å². The summed E-state index contributed by atoms with van der Waals surface area (Å²) in [6.45, 7) is 5.94. The molecule has 102 valence electrons. The maximum absolute atomic E-state index is 5.39. The first kappa shape index (κ1) is 13.6. The molecule has 1 atom stereocenters. The molecule has 0 saturated heterocycles. The Morgan fingerprint density at radius 3 is 2.84 bits per heavy atom. The lowest BCUT2D eigenvalue weighted by Crippen LogP contribution is -2.20. The van der Waals surface area contributed by atoms with E-state index in [1.807, 2.05) is 35.1 Å². The fourth-order valence-electron chi connectivity index (χ4n) is 2.19. The minimum Gasteiger partial charge on any atom is -0.496 e. The third kappa shape index (κ3) is 3.15. The summed E-state index contributed by atoms with van der Waals surface area (Å²) in [7, 11) is 1.71. The first-order chi connectivity index (χ1) is 9.26. The number of rotatable bonds is 6. The normalized spacial score (nSPS) is 12.4. The molecule has 1 aromatic heterocycles. The number of ether oxygens (including phenoxy) is 1. The van der Waals surface area contributed by atoms with Gasteiger partial charge in [0.2, 0.25) is 0 Å². The lowest BCUT2D eigenvalue weighted by molar-refractivity contribution is 0.400. The summed E-state index contributed by atoms with van der Waals surface area (Å²) >= 11 is 0. The van der Waals surface area contributed by atoms with Crippen LogP contribution in [0.3, 0.4) is 0 Å². The highest BCUT2D eigenvalue weighted by Crippen LogP contribution is 2.24. The van der Waals surface area contributed by atoms with Crippen LogP contribution >= 0.6 is 0 Å². The predicted molar refractivity (Wildman–Crippen MR) is 76.1 cm³/mol. The van der Waals surface area contributed by atoms with E-state index in [-0.39, 0.29) is 6.04 Å². The van der Waals surface area contributed by atoms with E-state index >= 15 is 0 Å². The molecule has 2 rings (SSSR count). The summed E-state index contributed by atoms with van der Waals surface area (Å²) < 4.78 is 7.39. The third-order valence-electron chi connectivity index (χ3n) is 3.30. The van der Waals surface area contributed by atoms with Gasteiger partial charge in [-0.1, -0.05) is 18.2 Å². The van der Waals surface area contributed by atoms with Crippen LogP contribution in [-0.4, -0.2) is 16.9 Å². The highest BCUT2D eigenvalue weighted by Gasteiger charge is 2.11. The summed E-state index contributed by atoms with van der Waals surface area (Å²) in [5.41, 5.74) is 2.37. The van der Waals surface area contributed by atoms with Crippen LogP contribution in [0.4, 0.5) is 0 Å². The van der Waals surface area contributed by atoms with E-state index in [1.165, 1.54) is 11.3 Å². The van der Waals surface area contributed by atoms with Gasteiger partial charge in [-0.2, -0.15) is 5.10 Å². The minimum absolute atomic E-state index is 0.233. The Morgan fingerprint density at radius 1 is 1.32 bits per heavy atom. The first-order valence-electron chi connectivity index (χ1n) is 6.63. The smallest absolute Gasteiger partial charge is 0.123 e. The topological polar surface area (TPSA) is 39.1 Å². The molecular weight excluding hydrogens is 238 g/mol. The van der Waals surface area contributed by atoms with Gasteiger partial charge < -0.3 is 10.1 Å². The number of aromatic nitrogens is 2. The molecule has 0 aliphatic carbocycles. The monoisotopic (exact) mass is 259 g/mol. The zero-order valence-corrected chi connectivity index (χ0v) is 11.8. The van der Waals surface area contributed by atoms with Crippen LogP contribution in [0.2, 0.25) is 0 Å². The van der Waals surface area contributed by atoms with Crippen molar-refractivity contribution in [3.63, 3.8) is 0 Å². The van der Waals surface area contributed by atoms with Crippen molar-refractivity contribution in [2.24, 2.45) is 0 Å². The summed E-state index contributed by atoms with van der Waals surface area (Å²) in [6.07, 6.45) is 1.84. The maximum Gasteiger partial charge on any atom is 0.123 e. The SMILES string of the molecule is CCn1nccc1CN[C@@H](C)c1ccccc1OC. The van der Waals surface area contributed by atoms with Crippen molar-refractivity contribution < 1.29 is 4.74 Å². The van der Waals surface area contributed by atoms with Gasteiger partial charge in [0.25, 0.3) is 0 Å². The van der Waals surface area contributed by atoms with Crippen molar-refractivity contribution in [3.05, 3.63) is 47.8 Å². The van der Waals surface area contributed by atoms with Crippen LogP contribution < -0.4 is 10.1 Å². The van der Waals surface area contributed by atoms with Crippen molar-refractivity contribution >= 4 is 0 Å². The number of aryl methyl sites for hydroxylation is 1. The Morgan fingerprint density at radius 2 is 2.11 bits per heavy atom. The molecule has 2 aromatic rings. The molecule has 1 heterocycles. The van der Waals surface area contributed by atoms with Crippen LogP contribution in [0.25, 0.3) is 0 Å². The Balaban J connectivity index is 2.03. The van der Waals surface area contributed by atoms with Crippen LogP contribution in [0.1, 0.15) is 31.1 Å². The summed E-state index contributed by atoms with van der Waals surface area (Å²) in [5, 5.41) is 7.78. The second kappa shape index (κ2) is 6.38. The highest BCUT2D eigenvalue weighted by atomic mass is 16.5. The second-order valence-corrected chi connectivity index (χ2v) is 4.48. The number of methoxy groups -OCH3 is 1. The Kier molecular flexibility index (Phi) is 4.58. The molecule has 0 bridgehead atoms. The molecule has 19 heavy (non-hydrogen) atoms. The molecule has 0 aliphatic rings. The molecule has 0 fully saturated rings. The molecule has 0 saturated carbocycles. The Hall–Kier alpha value is -1.81. The van der Waals surface area contributed by atoms with Crippen LogP contribution in [0.5, 0.6) is 5.75 Å². The van der Waals surface area contributed by atoms with Gasteiger partial charge in [-0.25, -0.2) is 0 Å². The average molecular weight is 259 g/mol. The van der Waals surface area contributed by atoms with Gasteiger partial charge in [-0.15, -0.1) is 0 Å². The van der Waals surface area contributed by atoms with Gasteiger partial charge >= 0.3 is 0 Å². The maximum atomic E-state index is 5.39. The summed E-state index contributed by atoms with van der Waals surface area (Å²) in [5.74, 6) is 0.923. The fourth-order valence-corrected chi connectivity index (χ4v) is 2.19. The summed E-state index contributed by atoms with van der Waals surface area (Å²) in [4.78, 5) is 0. The first-order valence-corrected chi connectivity index (χ1v) is 6.63.